The Hall–Kier alpha value is -2.43. The summed E-state index contributed by atoms with van der Waals surface area (Å²) in [5.41, 5.74) is 0.634. The third-order valence-corrected chi connectivity index (χ3v) is 2.54. The SMILES string of the molecule is Cn1c(-c2ccccc2)c([N+](=O)[O-])ccc1=O. The van der Waals surface area contributed by atoms with Crippen LogP contribution in [-0.2, 0) is 7.05 Å². The van der Waals surface area contributed by atoms with Gasteiger partial charge in [0.05, 0.1) is 4.92 Å². The van der Waals surface area contributed by atoms with Gasteiger partial charge in [-0.3, -0.25) is 14.9 Å². The van der Waals surface area contributed by atoms with Crippen molar-refractivity contribution in [3.8, 4) is 11.3 Å². The predicted molar refractivity (Wildman–Crippen MR) is 63.8 cm³/mol. The number of pyridine rings is 1. The first-order valence-electron chi connectivity index (χ1n) is 5.01. The van der Waals surface area contributed by atoms with Crippen LogP contribution in [0.4, 0.5) is 5.69 Å². The number of hydrogen-bond donors (Lipinski definition) is 0. The second-order valence-electron chi connectivity index (χ2n) is 3.59. The molecule has 17 heavy (non-hydrogen) atoms. The molecule has 86 valence electrons. The molecule has 1 aromatic heterocycles. The molecule has 0 amide bonds. The molecule has 1 aromatic carbocycles. The number of benzene rings is 1. The van der Waals surface area contributed by atoms with Crippen molar-refractivity contribution in [2.24, 2.45) is 7.05 Å². The molecule has 2 aromatic rings. The lowest BCUT2D eigenvalue weighted by atomic mass is 10.1. The number of nitro groups is 1. The van der Waals surface area contributed by atoms with E-state index in [0.717, 1.165) is 0 Å². The van der Waals surface area contributed by atoms with Crippen LogP contribution < -0.4 is 5.56 Å². The van der Waals surface area contributed by atoms with Gasteiger partial charge >= 0.3 is 0 Å². The first kappa shape index (κ1) is 11.1. The van der Waals surface area contributed by atoms with E-state index in [-0.39, 0.29) is 11.2 Å². The molecular weight excluding hydrogens is 220 g/mol. The van der Waals surface area contributed by atoms with Crippen LogP contribution in [-0.4, -0.2) is 9.49 Å². The molecule has 0 radical (unpaired) electrons. The Morgan fingerprint density at radius 3 is 2.35 bits per heavy atom. The number of rotatable bonds is 2. The van der Waals surface area contributed by atoms with Gasteiger partial charge in [0, 0.05) is 24.7 Å². The van der Waals surface area contributed by atoms with Crippen LogP contribution in [0.5, 0.6) is 0 Å². The summed E-state index contributed by atoms with van der Waals surface area (Å²) >= 11 is 0. The minimum Gasteiger partial charge on any atom is -0.305 e. The Labute approximate surface area is 97.1 Å². The van der Waals surface area contributed by atoms with Crippen molar-refractivity contribution >= 4 is 5.69 Å². The Morgan fingerprint density at radius 2 is 1.76 bits per heavy atom. The van der Waals surface area contributed by atoms with E-state index < -0.39 is 4.92 Å². The normalized spacial score (nSPS) is 10.2. The smallest absolute Gasteiger partial charge is 0.293 e. The molecule has 0 aliphatic rings. The minimum atomic E-state index is -0.484. The summed E-state index contributed by atoms with van der Waals surface area (Å²) in [6.07, 6.45) is 0. The molecule has 5 heteroatoms. The number of aromatic nitrogens is 1. The predicted octanol–water partition coefficient (Wildman–Crippen LogP) is 1.96. The highest BCUT2D eigenvalue weighted by molar-refractivity contribution is 5.69. The maximum atomic E-state index is 11.5. The first-order chi connectivity index (χ1) is 8.11. The molecule has 0 spiro atoms. The highest BCUT2D eigenvalue weighted by Crippen LogP contribution is 2.27. The van der Waals surface area contributed by atoms with Crippen molar-refractivity contribution in [3.63, 3.8) is 0 Å². The van der Waals surface area contributed by atoms with Gasteiger partial charge in [0.15, 0.2) is 0 Å². The molecule has 1 heterocycles. The van der Waals surface area contributed by atoms with E-state index in [1.54, 1.807) is 24.3 Å². The summed E-state index contributed by atoms with van der Waals surface area (Å²) in [4.78, 5) is 22.0. The van der Waals surface area contributed by atoms with E-state index >= 15 is 0 Å². The molecule has 0 fully saturated rings. The van der Waals surface area contributed by atoms with Crippen LogP contribution in [0.15, 0.2) is 47.3 Å². The largest absolute Gasteiger partial charge is 0.305 e. The maximum Gasteiger partial charge on any atom is 0.293 e. The van der Waals surface area contributed by atoms with Crippen LogP contribution in [0.25, 0.3) is 11.3 Å². The lowest BCUT2D eigenvalue weighted by Crippen LogP contribution is -2.18. The van der Waals surface area contributed by atoms with Crippen molar-refractivity contribution in [2.45, 2.75) is 0 Å². The molecule has 0 unspecified atom stereocenters. The van der Waals surface area contributed by atoms with Gasteiger partial charge in [0.1, 0.15) is 5.69 Å². The van der Waals surface area contributed by atoms with Crippen LogP contribution in [0, 0.1) is 10.1 Å². The monoisotopic (exact) mass is 230 g/mol. The van der Waals surface area contributed by atoms with Gasteiger partial charge in [-0.15, -0.1) is 0 Å². The molecule has 0 saturated carbocycles. The third-order valence-electron chi connectivity index (χ3n) is 2.54. The summed E-state index contributed by atoms with van der Waals surface area (Å²) in [7, 11) is 1.53. The van der Waals surface area contributed by atoms with E-state index in [2.05, 4.69) is 0 Å². The molecule has 0 N–H and O–H groups in total. The fourth-order valence-electron chi connectivity index (χ4n) is 1.71. The molecule has 2 rings (SSSR count). The summed E-state index contributed by atoms with van der Waals surface area (Å²) < 4.78 is 1.29. The van der Waals surface area contributed by atoms with Gasteiger partial charge < -0.3 is 4.57 Å². The second kappa shape index (κ2) is 4.21. The van der Waals surface area contributed by atoms with E-state index in [9.17, 15) is 14.9 Å². The van der Waals surface area contributed by atoms with Gasteiger partial charge in [-0.1, -0.05) is 30.3 Å². The van der Waals surface area contributed by atoms with Crippen LogP contribution >= 0.6 is 0 Å². The van der Waals surface area contributed by atoms with Gasteiger partial charge in [-0.2, -0.15) is 0 Å². The quantitative estimate of drug-likeness (QED) is 0.585. The van der Waals surface area contributed by atoms with E-state index in [0.29, 0.717) is 11.3 Å². The summed E-state index contributed by atoms with van der Waals surface area (Å²) in [6, 6.07) is 11.3. The lowest BCUT2D eigenvalue weighted by Gasteiger charge is -2.08. The van der Waals surface area contributed by atoms with Gasteiger partial charge in [-0.25, -0.2) is 0 Å². The summed E-state index contributed by atoms with van der Waals surface area (Å²) in [6.45, 7) is 0. The Kier molecular flexibility index (Phi) is 2.74. The zero-order chi connectivity index (χ0) is 12.4. The topological polar surface area (TPSA) is 65.1 Å². The fraction of sp³-hybridized carbons (Fsp3) is 0.0833. The Morgan fingerprint density at radius 1 is 1.12 bits per heavy atom. The number of nitrogens with zero attached hydrogens (tertiary/aromatic N) is 2. The van der Waals surface area contributed by atoms with Crippen molar-refractivity contribution in [2.75, 3.05) is 0 Å². The van der Waals surface area contributed by atoms with Crippen LogP contribution in [0.3, 0.4) is 0 Å². The lowest BCUT2D eigenvalue weighted by molar-refractivity contribution is -0.384. The third kappa shape index (κ3) is 1.94. The molecule has 5 nitrogen and oxygen atoms in total. The average molecular weight is 230 g/mol. The molecule has 0 aliphatic carbocycles. The van der Waals surface area contributed by atoms with E-state index in [1.165, 1.54) is 23.7 Å². The Bertz CT molecular complexity index is 617. The molecule has 0 atom stereocenters. The Balaban J connectivity index is 2.79. The minimum absolute atomic E-state index is 0.0710. The number of hydrogen-bond acceptors (Lipinski definition) is 3. The van der Waals surface area contributed by atoms with E-state index in [1.807, 2.05) is 6.07 Å². The van der Waals surface area contributed by atoms with Crippen LogP contribution in [0.2, 0.25) is 0 Å². The van der Waals surface area contributed by atoms with Crippen molar-refractivity contribution in [3.05, 3.63) is 62.9 Å². The fourth-order valence-corrected chi connectivity index (χ4v) is 1.71. The highest BCUT2D eigenvalue weighted by Gasteiger charge is 2.18. The van der Waals surface area contributed by atoms with Gasteiger partial charge in [0.25, 0.3) is 11.2 Å². The summed E-state index contributed by atoms with van der Waals surface area (Å²) in [5, 5.41) is 10.9. The van der Waals surface area contributed by atoms with Crippen molar-refractivity contribution in [1.82, 2.24) is 4.57 Å². The van der Waals surface area contributed by atoms with Crippen LogP contribution in [0.1, 0.15) is 0 Å². The molecule has 0 saturated heterocycles. The van der Waals surface area contributed by atoms with E-state index in [4.69, 9.17) is 0 Å². The first-order valence-corrected chi connectivity index (χ1v) is 5.01. The molecular formula is C12H10N2O3. The second-order valence-corrected chi connectivity index (χ2v) is 3.59. The zero-order valence-electron chi connectivity index (χ0n) is 9.16. The van der Waals surface area contributed by atoms with Crippen molar-refractivity contribution < 1.29 is 4.92 Å². The standard InChI is InChI=1S/C12H10N2O3/c1-13-11(15)8-7-10(14(16)17)12(13)9-5-3-2-4-6-9/h2-8H,1H3. The molecule has 0 bridgehead atoms. The highest BCUT2D eigenvalue weighted by atomic mass is 16.6. The molecule has 0 aliphatic heterocycles. The van der Waals surface area contributed by atoms with Crippen molar-refractivity contribution in [1.29, 1.82) is 0 Å². The van der Waals surface area contributed by atoms with Gasteiger partial charge in [-0.05, 0) is 0 Å². The maximum absolute atomic E-state index is 11.5. The average Bonchev–Trinajstić information content (AvgIpc) is 2.33. The zero-order valence-corrected chi connectivity index (χ0v) is 9.16. The van der Waals surface area contributed by atoms with Gasteiger partial charge in [0.2, 0.25) is 0 Å². The summed E-state index contributed by atoms with van der Waals surface area (Å²) in [5.74, 6) is 0.